The van der Waals surface area contributed by atoms with Gasteiger partial charge in [-0.25, -0.2) is 4.79 Å². The molecule has 6 atom stereocenters. The van der Waals surface area contributed by atoms with Crippen LogP contribution in [0.15, 0.2) is 29.3 Å². The smallest absolute Gasteiger partial charge is 0.326 e. The Balaban J connectivity index is 3.16. The van der Waals surface area contributed by atoms with Gasteiger partial charge in [0.15, 0.2) is 5.96 Å². The van der Waals surface area contributed by atoms with E-state index in [9.17, 15) is 39.0 Å². The van der Waals surface area contributed by atoms with Crippen LogP contribution < -0.4 is 43.8 Å². The summed E-state index contributed by atoms with van der Waals surface area (Å²) < 4.78 is 0. The van der Waals surface area contributed by atoms with Gasteiger partial charge in [0.2, 0.25) is 29.5 Å². The van der Waals surface area contributed by atoms with Crippen molar-refractivity contribution in [3.63, 3.8) is 0 Å². The number of rotatable bonds is 22. The molecule has 0 radical (unpaired) electrons. The fraction of sp³-hybridized carbons (Fsp3) is 0.606. The first kappa shape index (κ1) is 44.4. The largest absolute Gasteiger partial charge is 0.508 e. The summed E-state index contributed by atoms with van der Waals surface area (Å²) in [5.41, 5.74) is 17.1. The fourth-order valence-corrected chi connectivity index (χ4v) is 5.21. The maximum Gasteiger partial charge on any atom is 0.326 e. The number of hydrogen-bond donors (Lipinski definition) is 10. The van der Waals surface area contributed by atoms with E-state index in [0.717, 1.165) is 0 Å². The number of guanidine groups is 1. The highest BCUT2D eigenvalue weighted by atomic mass is 32.2. The summed E-state index contributed by atoms with van der Waals surface area (Å²) in [6, 6.07) is -0.772. The number of phenolic OH excluding ortho intramolecular Hbond substituents is 1. The molecule has 0 spiro atoms. The number of nitrogens with two attached hydrogens (primary N) is 3. The Morgan fingerprint density at radius 3 is 1.78 bits per heavy atom. The summed E-state index contributed by atoms with van der Waals surface area (Å²) in [6.07, 6.45) is 2.53. The topological polar surface area (TPSA) is 293 Å². The Kier molecular flexibility index (Phi) is 19.4. The van der Waals surface area contributed by atoms with Crippen molar-refractivity contribution < 1.29 is 39.0 Å². The molecule has 0 aliphatic heterocycles. The predicted octanol–water partition coefficient (Wildman–Crippen LogP) is -1.09. The maximum atomic E-state index is 13.7. The first-order chi connectivity index (χ1) is 23.9. The normalized spacial score (nSPS) is 14.6. The molecule has 0 aromatic heterocycles. The molecule has 0 unspecified atom stereocenters. The Hall–Kier alpha value is -4.58. The standard InChI is InChI=1S/C33H55N9O8S/c1-17(2)25(42-31(48)26(18(3)4)41-28(45)22(34)13-15-51-6)30(47)40-24(16-20-9-11-21(43)12-10-20)29(46)38-19(5)27(44)39-23(32(49)50)8-7-14-37-33(35)36/h9-12,17-19,22-26,43H,7-8,13-16,34H2,1-6H3,(H,38,46)(H,39,44)(H,40,47)(H,41,45)(H,42,48)(H,49,50)(H4,35,36,37)/t19-,22-,23-,24-,25-,26-/m1/s1. The molecule has 0 fully saturated rings. The lowest BCUT2D eigenvalue weighted by Crippen LogP contribution is -2.61. The van der Waals surface area contributed by atoms with Gasteiger partial charge in [-0.1, -0.05) is 39.8 Å². The van der Waals surface area contributed by atoms with Crippen LogP contribution in [0.3, 0.4) is 0 Å². The number of carbonyl (C=O) groups excluding carboxylic acids is 5. The van der Waals surface area contributed by atoms with Gasteiger partial charge in [0.05, 0.1) is 6.04 Å². The zero-order valence-corrected chi connectivity index (χ0v) is 30.9. The van der Waals surface area contributed by atoms with Crippen molar-refractivity contribution in [2.24, 2.45) is 34.0 Å². The van der Waals surface area contributed by atoms with Crippen LogP contribution in [-0.2, 0) is 35.2 Å². The van der Waals surface area contributed by atoms with Crippen molar-refractivity contribution >= 4 is 53.2 Å². The number of nitrogens with one attached hydrogen (secondary N) is 5. The van der Waals surface area contributed by atoms with Crippen LogP contribution in [0.5, 0.6) is 5.75 Å². The lowest BCUT2D eigenvalue weighted by atomic mass is 9.98. The number of carboxylic acid groups (broad SMARTS) is 1. The predicted molar refractivity (Wildman–Crippen MR) is 195 cm³/mol. The van der Waals surface area contributed by atoms with E-state index in [-0.39, 0.29) is 43.4 Å². The fourth-order valence-electron chi connectivity index (χ4n) is 4.72. The number of aromatic hydroxyl groups is 1. The van der Waals surface area contributed by atoms with Crippen molar-refractivity contribution in [1.82, 2.24) is 26.6 Å². The molecule has 1 aromatic rings. The number of aliphatic imine (C=N–C) groups is 1. The third-order valence-electron chi connectivity index (χ3n) is 7.78. The summed E-state index contributed by atoms with van der Waals surface area (Å²) in [6.45, 7) is 8.39. The van der Waals surface area contributed by atoms with Crippen molar-refractivity contribution in [3.05, 3.63) is 29.8 Å². The average Bonchev–Trinajstić information content (AvgIpc) is 3.05. The van der Waals surface area contributed by atoms with Gasteiger partial charge >= 0.3 is 5.97 Å². The Bertz CT molecular complexity index is 1360. The van der Waals surface area contributed by atoms with E-state index in [1.165, 1.54) is 30.8 Å². The second-order valence-electron chi connectivity index (χ2n) is 12.9. The number of benzene rings is 1. The van der Waals surface area contributed by atoms with Crippen LogP contribution in [0.4, 0.5) is 0 Å². The zero-order valence-electron chi connectivity index (χ0n) is 30.1. The number of nitrogens with zero attached hydrogens (tertiary/aromatic N) is 1. The van der Waals surface area contributed by atoms with Crippen LogP contribution in [0.1, 0.15) is 59.4 Å². The second-order valence-corrected chi connectivity index (χ2v) is 13.8. The minimum Gasteiger partial charge on any atom is -0.508 e. The third-order valence-corrected chi connectivity index (χ3v) is 8.43. The van der Waals surface area contributed by atoms with E-state index in [1.54, 1.807) is 39.8 Å². The molecule has 1 rings (SSSR count). The highest BCUT2D eigenvalue weighted by Gasteiger charge is 2.34. The SMILES string of the molecule is CSCC[C@@H](N)C(=O)N[C@@H](C(=O)N[C@@H](C(=O)N[C@H](Cc1ccc(O)cc1)C(=O)N[C@H](C)C(=O)N[C@H](CCCN=C(N)N)C(=O)O)C(C)C)C(C)C. The number of thioether (sulfide) groups is 1. The van der Waals surface area contributed by atoms with Gasteiger partial charge in [-0.2, -0.15) is 11.8 Å². The molecular formula is C33H55N9O8S. The molecule has 0 bridgehead atoms. The molecule has 0 aliphatic carbocycles. The van der Waals surface area contributed by atoms with E-state index in [2.05, 4.69) is 31.6 Å². The van der Waals surface area contributed by atoms with Gasteiger partial charge in [0.1, 0.15) is 36.0 Å². The van der Waals surface area contributed by atoms with E-state index in [4.69, 9.17) is 17.2 Å². The van der Waals surface area contributed by atoms with Gasteiger partial charge in [0, 0.05) is 13.0 Å². The number of carbonyl (C=O) groups is 6. The van der Waals surface area contributed by atoms with Crippen molar-refractivity contribution in [3.8, 4) is 5.75 Å². The monoisotopic (exact) mass is 737 g/mol. The molecule has 0 heterocycles. The average molecular weight is 738 g/mol. The number of carboxylic acids is 1. The summed E-state index contributed by atoms with van der Waals surface area (Å²) in [5.74, 6) is -4.95. The van der Waals surface area contributed by atoms with Crippen molar-refractivity contribution in [1.29, 1.82) is 0 Å². The van der Waals surface area contributed by atoms with Crippen LogP contribution in [-0.4, -0.2) is 106 Å². The van der Waals surface area contributed by atoms with E-state index >= 15 is 0 Å². The Morgan fingerprint density at radius 1 is 0.745 bits per heavy atom. The molecule has 1 aromatic carbocycles. The lowest BCUT2D eigenvalue weighted by molar-refractivity contribution is -0.142. The summed E-state index contributed by atoms with van der Waals surface area (Å²) in [4.78, 5) is 81.9. The van der Waals surface area contributed by atoms with Crippen LogP contribution in [0.25, 0.3) is 0 Å². The van der Waals surface area contributed by atoms with Gasteiger partial charge < -0.3 is 54.0 Å². The summed E-state index contributed by atoms with van der Waals surface area (Å²) >= 11 is 1.54. The van der Waals surface area contributed by atoms with Crippen LogP contribution >= 0.6 is 11.8 Å². The summed E-state index contributed by atoms with van der Waals surface area (Å²) in [5, 5.41) is 32.3. The Labute approximate surface area is 303 Å². The molecular weight excluding hydrogens is 682 g/mol. The minimum atomic E-state index is -1.29. The van der Waals surface area contributed by atoms with Crippen molar-refractivity contribution in [2.75, 3.05) is 18.6 Å². The van der Waals surface area contributed by atoms with Gasteiger partial charge in [0.25, 0.3) is 0 Å². The van der Waals surface area contributed by atoms with E-state index in [1.807, 2.05) is 6.26 Å². The Morgan fingerprint density at radius 2 is 1.27 bits per heavy atom. The molecule has 13 N–H and O–H groups in total. The lowest BCUT2D eigenvalue weighted by Gasteiger charge is -2.29. The highest BCUT2D eigenvalue weighted by molar-refractivity contribution is 7.98. The number of aliphatic carboxylic acids is 1. The first-order valence-electron chi connectivity index (χ1n) is 16.7. The number of amides is 5. The first-order valence-corrected chi connectivity index (χ1v) is 18.1. The molecule has 0 saturated heterocycles. The minimum absolute atomic E-state index is 0.0139. The van der Waals surface area contributed by atoms with E-state index < -0.39 is 77.7 Å². The molecule has 17 nitrogen and oxygen atoms in total. The van der Waals surface area contributed by atoms with Crippen LogP contribution in [0, 0.1) is 11.8 Å². The molecule has 286 valence electrons. The molecule has 5 amide bonds. The molecule has 18 heteroatoms. The van der Waals surface area contributed by atoms with Crippen molar-refractivity contribution in [2.45, 2.75) is 96.6 Å². The quantitative estimate of drug-likeness (QED) is 0.0386. The van der Waals surface area contributed by atoms with Crippen LogP contribution in [0.2, 0.25) is 0 Å². The molecule has 51 heavy (non-hydrogen) atoms. The third kappa shape index (κ3) is 16.3. The number of phenols is 1. The van der Waals surface area contributed by atoms with Gasteiger partial charge in [-0.15, -0.1) is 0 Å². The number of hydrogen-bond acceptors (Lipinski definition) is 10. The second kappa shape index (κ2) is 22.3. The van der Waals surface area contributed by atoms with Gasteiger partial charge in [-0.3, -0.25) is 29.0 Å². The molecule has 0 aliphatic rings. The van der Waals surface area contributed by atoms with E-state index in [0.29, 0.717) is 17.7 Å². The molecule has 0 saturated carbocycles. The zero-order chi connectivity index (χ0) is 38.8. The maximum absolute atomic E-state index is 13.7. The highest BCUT2D eigenvalue weighted by Crippen LogP contribution is 2.13. The summed E-state index contributed by atoms with van der Waals surface area (Å²) in [7, 11) is 0. The van der Waals surface area contributed by atoms with Gasteiger partial charge in [-0.05, 0) is 67.7 Å².